The van der Waals surface area contributed by atoms with Crippen LogP contribution in [0.1, 0.15) is 18.1 Å². The summed E-state index contributed by atoms with van der Waals surface area (Å²) >= 11 is 6.24. The fourth-order valence-electron chi connectivity index (χ4n) is 3.00. The summed E-state index contributed by atoms with van der Waals surface area (Å²) in [6.07, 6.45) is 0.223. The van der Waals surface area contributed by atoms with E-state index >= 15 is 0 Å². The quantitative estimate of drug-likeness (QED) is 0.443. The van der Waals surface area contributed by atoms with Gasteiger partial charge < -0.3 is 15.8 Å². The Morgan fingerprint density at radius 2 is 1.97 bits per heavy atom. The third kappa shape index (κ3) is 6.37. The first-order chi connectivity index (χ1) is 15.5. The maximum absolute atomic E-state index is 11.7. The number of carbonyl (C=O) groups excluding carboxylic acids is 1. The van der Waals surface area contributed by atoms with Crippen LogP contribution in [-0.2, 0) is 11.2 Å². The number of amides is 1. The van der Waals surface area contributed by atoms with Crippen LogP contribution >= 0.6 is 11.6 Å². The van der Waals surface area contributed by atoms with Crippen LogP contribution in [0.2, 0.25) is 5.02 Å². The summed E-state index contributed by atoms with van der Waals surface area (Å²) in [6, 6.07) is 15.1. The van der Waals surface area contributed by atoms with E-state index in [0.717, 1.165) is 23.1 Å². The van der Waals surface area contributed by atoms with Crippen LogP contribution in [0, 0.1) is 18.8 Å². The van der Waals surface area contributed by atoms with Gasteiger partial charge in [0.25, 0.3) is 0 Å². The molecule has 0 aliphatic heterocycles. The molecule has 0 aliphatic rings. The zero-order valence-electron chi connectivity index (χ0n) is 17.9. The summed E-state index contributed by atoms with van der Waals surface area (Å²) < 4.78 is 4.93. The molecule has 32 heavy (non-hydrogen) atoms. The molecule has 0 aliphatic carbocycles. The lowest BCUT2D eigenvalue weighted by atomic mass is 10.1. The maximum atomic E-state index is 11.7. The third-order valence-electron chi connectivity index (χ3n) is 4.66. The van der Waals surface area contributed by atoms with Gasteiger partial charge in [-0.3, -0.25) is 5.32 Å². The summed E-state index contributed by atoms with van der Waals surface area (Å²) in [4.78, 5) is 20.3. The number of carbonyl (C=O) groups is 1. The molecule has 0 spiro atoms. The van der Waals surface area contributed by atoms with Gasteiger partial charge >= 0.3 is 6.09 Å². The Labute approximate surface area is 192 Å². The predicted octanol–water partition coefficient (Wildman–Crippen LogP) is 4.91. The standard InChI is InChI=1S/C24H24ClN5O2/c1-3-4-14-32-24(31)28-18-10-8-17(9-11-18)12-13-27-22-15-21(29-23(26)30-22)19-6-5-7-20(25)16(19)2/h5-11,15H,12-14H2,1-2H3,(H,28,31)(H3,26,27,29,30). The normalized spacial score (nSPS) is 10.1. The molecular formula is C24H24ClN5O2. The molecule has 1 heterocycles. The van der Waals surface area contributed by atoms with Gasteiger partial charge in [0.1, 0.15) is 5.82 Å². The van der Waals surface area contributed by atoms with Gasteiger partial charge in [-0.25, -0.2) is 9.78 Å². The molecule has 2 aromatic carbocycles. The first-order valence-electron chi connectivity index (χ1n) is 10.0. The molecule has 8 heteroatoms. The highest BCUT2D eigenvalue weighted by molar-refractivity contribution is 6.31. The largest absolute Gasteiger partial charge is 0.436 e. The van der Waals surface area contributed by atoms with Crippen molar-refractivity contribution in [2.24, 2.45) is 0 Å². The van der Waals surface area contributed by atoms with E-state index in [9.17, 15) is 4.79 Å². The number of halogens is 1. The molecule has 4 N–H and O–H groups in total. The number of rotatable bonds is 7. The van der Waals surface area contributed by atoms with Gasteiger partial charge in [0.2, 0.25) is 5.95 Å². The van der Waals surface area contributed by atoms with E-state index in [-0.39, 0.29) is 12.6 Å². The summed E-state index contributed by atoms with van der Waals surface area (Å²) in [6.45, 7) is 4.35. The Bertz CT molecular complexity index is 1150. The van der Waals surface area contributed by atoms with Crippen LogP contribution in [-0.4, -0.2) is 29.2 Å². The van der Waals surface area contributed by atoms with E-state index < -0.39 is 6.09 Å². The Hall–Kier alpha value is -3.76. The SMILES string of the molecule is CC#CCOC(=O)Nc1ccc(CCNc2cc(-c3cccc(Cl)c3C)nc(N)n2)cc1. The van der Waals surface area contributed by atoms with Crippen LogP contribution in [0.4, 0.5) is 22.2 Å². The van der Waals surface area contributed by atoms with Crippen molar-refractivity contribution in [3.8, 4) is 23.1 Å². The first-order valence-corrected chi connectivity index (χ1v) is 10.4. The molecule has 3 rings (SSSR count). The number of nitrogen functional groups attached to an aromatic ring is 1. The van der Waals surface area contributed by atoms with E-state index in [1.807, 2.05) is 55.5 Å². The molecule has 0 atom stereocenters. The minimum Gasteiger partial charge on any atom is -0.436 e. The fraction of sp³-hybridized carbons (Fsp3) is 0.208. The van der Waals surface area contributed by atoms with Crippen LogP contribution in [0.3, 0.4) is 0 Å². The van der Waals surface area contributed by atoms with E-state index in [1.54, 1.807) is 6.92 Å². The van der Waals surface area contributed by atoms with Crippen LogP contribution in [0.5, 0.6) is 0 Å². The molecule has 164 valence electrons. The highest BCUT2D eigenvalue weighted by atomic mass is 35.5. The van der Waals surface area contributed by atoms with Gasteiger partial charge in [0.15, 0.2) is 6.61 Å². The molecule has 1 amide bonds. The second kappa shape index (κ2) is 11.0. The Morgan fingerprint density at radius 1 is 1.19 bits per heavy atom. The van der Waals surface area contributed by atoms with Gasteiger partial charge in [0.05, 0.1) is 5.69 Å². The van der Waals surface area contributed by atoms with Gasteiger partial charge in [-0.15, -0.1) is 5.92 Å². The Morgan fingerprint density at radius 3 is 2.72 bits per heavy atom. The summed E-state index contributed by atoms with van der Waals surface area (Å²) in [5.41, 5.74) is 10.2. The average molecular weight is 450 g/mol. The van der Waals surface area contributed by atoms with Gasteiger partial charge in [0, 0.05) is 28.9 Å². The van der Waals surface area contributed by atoms with E-state index in [1.165, 1.54) is 0 Å². The number of nitrogens with zero attached hydrogens (tertiary/aromatic N) is 2. The van der Waals surface area contributed by atoms with Gasteiger partial charge in [-0.05, 0) is 49.6 Å². The van der Waals surface area contributed by atoms with Crippen molar-refractivity contribution in [2.75, 3.05) is 29.5 Å². The van der Waals surface area contributed by atoms with E-state index in [2.05, 4.69) is 32.4 Å². The van der Waals surface area contributed by atoms with Gasteiger partial charge in [-0.2, -0.15) is 4.98 Å². The molecule has 0 saturated heterocycles. The zero-order valence-corrected chi connectivity index (χ0v) is 18.7. The molecule has 7 nitrogen and oxygen atoms in total. The monoisotopic (exact) mass is 449 g/mol. The fourth-order valence-corrected chi connectivity index (χ4v) is 3.17. The average Bonchev–Trinajstić information content (AvgIpc) is 2.77. The number of hydrogen-bond acceptors (Lipinski definition) is 6. The minimum absolute atomic E-state index is 0.0677. The van der Waals surface area contributed by atoms with Crippen molar-refractivity contribution in [3.63, 3.8) is 0 Å². The molecule has 1 aromatic heterocycles. The second-order valence-corrected chi connectivity index (χ2v) is 7.32. The van der Waals surface area contributed by atoms with Crippen molar-refractivity contribution in [3.05, 3.63) is 64.7 Å². The molecule has 0 fully saturated rings. The number of ether oxygens (including phenoxy) is 1. The highest BCUT2D eigenvalue weighted by Crippen LogP contribution is 2.28. The third-order valence-corrected chi connectivity index (χ3v) is 5.07. The molecule has 3 aromatic rings. The lowest BCUT2D eigenvalue weighted by Gasteiger charge is -2.11. The number of nitrogens with one attached hydrogen (secondary N) is 2. The molecular weight excluding hydrogens is 426 g/mol. The van der Waals surface area contributed by atoms with Crippen molar-refractivity contribution in [2.45, 2.75) is 20.3 Å². The highest BCUT2D eigenvalue weighted by Gasteiger charge is 2.09. The smallest absolute Gasteiger partial charge is 0.412 e. The minimum atomic E-state index is -0.533. The number of nitrogens with two attached hydrogens (primary N) is 1. The van der Waals surface area contributed by atoms with E-state index in [4.69, 9.17) is 22.1 Å². The van der Waals surface area contributed by atoms with Crippen LogP contribution in [0.25, 0.3) is 11.3 Å². The lowest BCUT2D eigenvalue weighted by Crippen LogP contribution is -2.13. The van der Waals surface area contributed by atoms with Crippen molar-refractivity contribution in [1.29, 1.82) is 0 Å². The summed E-state index contributed by atoms with van der Waals surface area (Å²) in [5, 5.41) is 6.62. The predicted molar refractivity (Wildman–Crippen MR) is 129 cm³/mol. The molecule has 0 saturated carbocycles. The molecule has 0 radical (unpaired) electrons. The zero-order chi connectivity index (χ0) is 22.9. The topological polar surface area (TPSA) is 102 Å². The number of aromatic nitrogens is 2. The Kier molecular flexibility index (Phi) is 7.90. The lowest BCUT2D eigenvalue weighted by molar-refractivity contribution is 0.176. The maximum Gasteiger partial charge on any atom is 0.412 e. The first kappa shape index (κ1) is 22.9. The number of benzene rings is 2. The number of anilines is 3. The summed E-state index contributed by atoms with van der Waals surface area (Å²) in [5.74, 6) is 6.17. The van der Waals surface area contributed by atoms with E-state index in [0.29, 0.717) is 28.8 Å². The molecule has 0 bridgehead atoms. The number of hydrogen-bond donors (Lipinski definition) is 3. The van der Waals surface area contributed by atoms with Crippen LogP contribution in [0.15, 0.2) is 48.5 Å². The molecule has 0 unspecified atom stereocenters. The Balaban J connectivity index is 1.57. The van der Waals surface area contributed by atoms with Crippen LogP contribution < -0.4 is 16.4 Å². The van der Waals surface area contributed by atoms with Crippen molar-refractivity contribution in [1.82, 2.24) is 9.97 Å². The second-order valence-electron chi connectivity index (χ2n) is 6.91. The van der Waals surface area contributed by atoms with Gasteiger partial charge in [-0.1, -0.05) is 41.8 Å². The van der Waals surface area contributed by atoms with Crippen molar-refractivity contribution >= 4 is 35.1 Å². The summed E-state index contributed by atoms with van der Waals surface area (Å²) in [7, 11) is 0. The van der Waals surface area contributed by atoms with Crippen molar-refractivity contribution < 1.29 is 9.53 Å².